The molecule has 0 fully saturated rings. The molecule has 0 saturated carbocycles. The van der Waals surface area contributed by atoms with Gasteiger partial charge in [0, 0.05) is 44.6 Å². The Balaban J connectivity index is 2.20. The minimum Gasteiger partial charge on any atom is -0.399 e. The van der Waals surface area contributed by atoms with Gasteiger partial charge in [0.25, 0.3) is 5.69 Å². The molecule has 2 aromatic carbocycles. The van der Waals surface area contributed by atoms with Crippen molar-refractivity contribution in [2.75, 3.05) is 12.8 Å². The molecule has 3 amide bonds. The van der Waals surface area contributed by atoms with Gasteiger partial charge in [-0.25, -0.2) is 0 Å². The van der Waals surface area contributed by atoms with Crippen molar-refractivity contribution >= 4 is 29.1 Å². The molecule has 10 nitrogen and oxygen atoms in total. The zero-order valence-electron chi connectivity index (χ0n) is 18.9. The highest BCUT2D eigenvalue weighted by Gasteiger charge is 2.26. The van der Waals surface area contributed by atoms with Crippen molar-refractivity contribution in [2.24, 2.45) is 0 Å². The van der Waals surface area contributed by atoms with Crippen LogP contribution in [0.25, 0.3) is 0 Å². The Morgan fingerprint density at radius 1 is 0.970 bits per heavy atom. The molecule has 0 unspecified atom stereocenters. The molecule has 0 bridgehead atoms. The van der Waals surface area contributed by atoms with Gasteiger partial charge in [-0.05, 0) is 29.2 Å². The highest BCUT2D eigenvalue weighted by Crippen LogP contribution is 2.17. The summed E-state index contributed by atoms with van der Waals surface area (Å²) in [6.45, 7) is 3.29. The lowest BCUT2D eigenvalue weighted by molar-refractivity contribution is -0.384. The summed E-state index contributed by atoms with van der Waals surface area (Å²) >= 11 is 0. The third kappa shape index (κ3) is 7.30. The van der Waals surface area contributed by atoms with Crippen LogP contribution in [0, 0.1) is 10.1 Å². The number of benzene rings is 2. The summed E-state index contributed by atoms with van der Waals surface area (Å²) in [4.78, 5) is 47.5. The molecule has 5 N–H and O–H groups in total. The number of nitrogen functional groups attached to an aromatic ring is 1. The molecule has 176 valence electrons. The Hall–Kier alpha value is -3.95. The molecular formula is C23H29N5O5. The maximum Gasteiger partial charge on any atom is 0.269 e. The average molecular weight is 456 g/mol. The Morgan fingerprint density at radius 3 is 2.09 bits per heavy atom. The summed E-state index contributed by atoms with van der Waals surface area (Å²) in [6, 6.07) is 9.36. The van der Waals surface area contributed by atoms with Crippen molar-refractivity contribution in [1.82, 2.24) is 16.0 Å². The van der Waals surface area contributed by atoms with Crippen LogP contribution in [-0.2, 0) is 33.6 Å². The largest absolute Gasteiger partial charge is 0.399 e. The van der Waals surface area contributed by atoms with Gasteiger partial charge >= 0.3 is 0 Å². The van der Waals surface area contributed by atoms with Crippen LogP contribution in [0.2, 0.25) is 0 Å². The van der Waals surface area contributed by atoms with Crippen molar-refractivity contribution in [3.63, 3.8) is 0 Å². The van der Waals surface area contributed by atoms with Gasteiger partial charge < -0.3 is 21.7 Å². The molecule has 0 heterocycles. The van der Waals surface area contributed by atoms with Crippen LogP contribution >= 0.6 is 0 Å². The van der Waals surface area contributed by atoms with E-state index in [1.54, 1.807) is 12.1 Å². The first-order valence-electron chi connectivity index (χ1n) is 10.5. The lowest BCUT2D eigenvalue weighted by Gasteiger charge is -2.23. The molecule has 2 rings (SSSR count). The van der Waals surface area contributed by atoms with Gasteiger partial charge in [0.05, 0.1) is 4.92 Å². The van der Waals surface area contributed by atoms with E-state index >= 15 is 0 Å². The van der Waals surface area contributed by atoms with E-state index in [1.165, 1.54) is 38.2 Å². The van der Waals surface area contributed by atoms with Crippen LogP contribution in [0.3, 0.4) is 0 Å². The number of carbonyl (C=O) groups excluding carboxylic acids is 3. The number of hydrogen-bond donors (Lipinski definition) is 4. The lowest BCUT2D eigenvalue weighted by Crippen LogP contribution is -2.54. The van der Waals surface area contributed by atoms with Crippen LogP contribution in [0.5, 0.6) is 0 Å². The molecule has 33 heavy (non-hydrogen) atoms. The molecular weight excluding hydrogens is 426 g/mol. The number of non-ortho nitro benzene ring substituents is 1. The fourth-order valence-corrected chi connectivity index (χ4v) is 3.43. The number of likely N-dealkylation sites (N-methyl/N-ethyl adjacent to an activating group) is 1. The number of anilines is 1. The summed E-state index contributed by atoms with van der Waals surface area (Å²) in [7, 11) is 1.45. The van der Waals surface area contributed by atoms with Gasteiger partial charge in [0.15, 0.2) is 0 Å². The fourth-order valence-electron chi connectivity index (χ4n) is 3.43. The third-order valence-electron chi connectivity index (χ3n) is 5.19. The van der Waals surface area contributed by atoms with E-state index in [2.05, 4.69) is 16.0 Å². The highest BCUT2D eigenvalue weighted by molar-refractivity contribution is 5.92. The Morgan fingerprint density at radius 2 is 1.55 bits per heavy atom. The first kappa shape index (κ1) is 25.3. The van der Waals surface area contributed by atoms with E-state index in [-0.39, 0.29) is 24.4 Å². The second kappa shape index (κ2) is 11.6. The molecule has 0 saturated heterocycles. The van der Waals surface area contributed by atoms with Gasteiger partial charge in [-0.2, -0.15) is 0 Å². The van der Waals surface area contributed by atoms with Crippen LogP contribution in [0.1, 0.15) is 30.5 Å². The maximum atomic E-state index is 13.0. The molecule has 10 heteroatoms. The number of amides is 3. The first-order valence-corrected chi connectivity index (χ1v) is 10.5. The van der Waals surface area contributed by atoms with Crippen molar-refractivity contribution < 1.29 is 19.3 Å². The maximum absolute atomic E-state index is 13.0. The number of nitro groups is 1. The number of nitro benzene ring substituents is 1. The monoisotopic (exact) mass is 455 g/mol. The second-order valence-corrected chi connectivity index (χ2v) is 7.65. The van der Waals surface area contributed by atoms with Crippen LogP contribution < -0.4 is 21.7 Å². The molecule has 0 aliphatic rings. The third-order valence-corrected chi connectivity index (χ3v) is 5.19. The van der Waals surface area contributed by atoms with Crippen molar-refractivity contribution in [3.05, 3.63) is 69.3 Å². The molecule has 0 aliphatic carbocycles. The average Bonchev–Trinajstić information content (AvgIpc) is 2.78. The summed E-state index contributed by atoms with van der Waals surface area (Å²) in [5.41, 5.74) is 8.94. The summed E-state index contributed by atoms with van der Waals surface area (Å²) in [5, 5.41) is 18.7. The number of rotatable bonds is 10. The molecule has 0 aliphatic heterocycles. The SMILES string of the molecule is CCc1cc(C[C@H](NC(C)=O)C(=O)N[C@@H](Cc2ccc([N+](=O)[O-])cc2)C(=O)NC)ccc1N. The fraction of sp³-hybridized carbons (Fsp3) is 0.348. The summed E-state index contributed by atoms with van der Waals surface area (Å²) in [6.07, 6.45) is 1.07. The van der Waals surface area contributed by atoms with E-state index in [0.29, 0.717) is 11.3 Å². The van der Waals surface area contributed by atoms with E-state index in [4.69, 9.17) is 5.73 Å². The number of nitrogens with one attached hydrogen (secondary N) is 3. The summed E-state index contributed by atoms with van der Waals surface area (Å²) in [5.74, 6) is -1.33. The van der Waals surface area contributed by atoms with Gasteiger partial charge in [-0.1, -0.05) is 31.2 Å². The zero-order chi connectivity index (χ0) is 24.5. The Labute approximate surface area is 192 Å². The number of aryl methyl sites for hydroxylation is 1. The number of carbonyl (C=O) groups is 3. The normalized spacial score (nSPS) is 12.3. The molecule has 2 aromatic rings. The van der Waals surface area contributed by atoms with E-state index < -0.39 is 28.8 Å². The molecule has 2 atom stereocenters. The smallest absolute Gasteiger partial charge is 0.269 e. The van der Waals surface area contributed by atoms with Crippen LogP contribution in [0.4, 0.5) is 11.4 Å². The minimum absolute atomic E-state index is 0.0695. The topological polar surface area (TPSA) is 156 Å². The molecule has 0 radical (unpaired) electrons. The van der Waals surface area contributed by atoms with E-state index in [9.17, 15) is 24.5 Å². The first-order chi connectivity index (χ1) is 15.6. The molecule has 0 spiro atoms. The van der Waals surface area contributed by atoms with E-state index in [1.807, 2.05) is 13.0 Å². The van der Waals surface area contributed by atoms with Crippen LogP contribution in [0.15, 0.2) is 42.5 Å². The Kier molecular flexibility index (Phi) is 8.90. The second-order valence-electron chi connectivity index (χ2n) is 7.65. The standard InChI is InChI=1S/C23H29N5O5/c1-4-17-11-16(7-10-19(17)24)13-21(26-14(2)29)23(31)27-20(22(30)25-3)12-15-5-8-18(9-6-15)28(32)33/h5-11,20-21H,4,12-13,24H2,1-3H3,(H,25,30)(H,26,29)(H,27,31)/t20-,21-/m0/s1. The van der Waals surface area contributed by atoms with Gasteiger partial charge in [-0.15, -0.1) is 0 Å². The number of nitrogens with zero attached hydrogens (tertiary/aromatic N) is 1. The quantitative estimate of drug-likeness (QED) is 0.240. The lowest BCUT2D eigenvalue weighted by atomic mass is 9.99. The summed E-state index contributed by atoms with van der Waals surface area (Å²) < 4.78 is 0. The molecule has 0 aromatic heterocycles. The van der Waals surface area contributed by atoms with Gasteiger partial charge in [-0.3, -0.25) is 24.5 Å². The van der Waals surface area contributed by atoms with E-state index in [0.717, 1.165) is 17.5 Å². The van der Waals surface area contributed by atoms with Gasteiger partial charge in [0.1, 0.15) is 12.1 Å². The Bertz CT molecular complexity index is 1020. The highest BCUT2D eigenvalue weighted by atomic mass is 16.6. The number of hydrogen-bond acceptors (Lipinski definition) is 6. The zero-order valence-corrected chi connectivity index (χ0v) is 18.9. The predicted molar refractivity (Wildman–Crippen MR) is 124 cm³/mol. The minimum atomic E-state index is -0.933. The predicted octanol–water partition coefficient (Wildman–Crippen LogP) is 1.26. The number of nitrogens with two attached hydrogens (primary N) is 1. The van der Waals surface area contributed by atoms with Crippen molar-refractivity contribution in [1.29, 1.82) is 0 Å². The van der Waals surface area contributed by atoms with Crippen LogP contribution in [-0.4, -0.2) is 41.8 Å². The van der Waals surface area contributed by atoms with Crippen molar-refractivity contribution in [3.8, 4) is 0 Å². The van der Waals surface area contributed by atoms with Crippen molar-refractivity contribution in [2.45, 2.75) is 45.2 Å². The van der Waals surface area contributed by atoms with Gasteiger partial charge in [0.2, 0.25) is 17.7 Å².